The molecule has 0 unspecified atom stereocenters. The van der Waals surface area contributed by atoms with E-state index in [1.54, 1.807) is 12.1 Å². The number of nitrogen functional groups attached to an aromatic ring is 1. The van der Waals surface area contributed by atoms with E-state index in [-0.39, 0.29) is 17.1 Å². The Kier molecular flexibility index (Phi) is 3.71. The van der Waals surface area contributed by atoms with E-state index in [2.05, 4.69) is 20.9 Å². The average Bonchev–Trinajstić information content (AvgIpc) is 2.36. The van der Waals surface area contributed by atoms with E-state index < -0.39 is 5.97 Å². The Balaban J connectivity index is 2.35. The van der Waals surface area contributed by atoms with Crippen molar-refractivity contribution in [2.24, 2.45) is 0 Å². The number of anilines is 1. The van der Waals surface area contributed by atoms with E-state index in [9.17, 15) is 4.79 Å². The van der Waals surface area contributed by atoms with E-state index in [1.165, 1.54) is 12.3 Å². The number of hydrogen-bond acceptors (Lipinski definition) is 4. The van der Waals surface area contributed by atoms with Gasteiger partial charge in [-0.2, -0.15) is 0 Å². The highest BCUT2D eigenvalue weighted by Gasteiger charge is 2.14. The summed E-state index contributed by atoms with van der Waals surface area (Å²) in [6, 6.07) is 6.71. The third-order valence-corrected chi connectivity index (χ3v) is 3.42. The van der Waals surface area contributed by atoms with E-state index >= 15 is 0 Å². The predicted molar refractivity (Wildman–Crippen MR) is 74.6 cm³/mol. The van der Waals surface area contributed by atoms with Crippen LogP contribution >= 0.6 is 15.9 Å². The number of halogens is 1. The number of carboxylic acid groups (broad SMARTS) is 1. The first kappa shape index (κ1) is 13.4. The molecule has 1 heterocycles. The minimum absolute atomic E-state index is 0.00979. The molecular formula is C13H11BrN2O3. The van der Waals surface area contributed by atoms with Gasteiger partial charge >= 0.3 is 5.97 Å². The molecule has 2 rings (SSSR count). The predicted octanol–water partition coefficient (Wildman–Crippen LogP) is 3.23. The van der Waals surface area contributed by atoms with E-state index in [4.69, 9.17) is 15.6 Å². The molecule has 0 fully saturated rings. The molecule has 5 nitrogen and oxygen atoms in total. The van der Waals surface area contributed by atoms with Gasteiger partial charge in [0, 0.05) is 10.7 Å². The lowest BCUT2D eigenvalue weighted by atomic mass is 10.2. The van der Waals surface area contributed by atoms with E-state index in [0.29, 0.717) is 5.75 Å². The number of hydrogen-bond donors (Lipinski definition) is 2. The summed E-state index contributed by atoms with van der Waals surface area (Å²) in [4.78, 5) is 14.9. The molecule has 0 aliphatic rings. The van der Waals surface area contributed by atoms with E-state index in [1.807, 2.05) is 13.0 Å². The zero-order valence-corrected chi connectivity index (χ0v) is 11.6. The van der Waals surface area contributed by atoms with Gasteiger partial charge in [-0.25, -0.2) is 9.78 Å². The Bertz CT molecular complexity index is 644. The Hall–Kier alpha value is -2.08. The molecule has 2 aromatic rings. The van der Waals surface area contributed by atoms with Crippen molar-refractivity contribution in [2.75, 3.05) is 5.73 Å². The minimum Gasteiger partial charge on any atom is -0.478 e. The highest BCUT2D eigenvalue weighted by Crippen LogP contribution is 2.29. The lowest BCUT2D eigenvalue weighted by Crippen LogP contribution is -2.05. The molecule has 1 aromatic heterocycles. The van der Waals surface area contributed by atoms with Crippen LogP contribution in [-0.4, -0.2) is 16.1 Å². The maximum Gasteiger partial charge on any atom is 0.338 e. The number of nitrogens with zero attached hydrogens (tertiary/aromatic N) is 1. The van der Waals surface area contributed by atoms with Crippen molar-refractivity contribution in [3.8, 4) is 11.6 Å². The lowest BCUT2D eigenvalue weighted by Gasteiger charge is -2.09. The summed E-state index contributed by atoms with van der Waals surface area (Å²) in [5.41, 5.74) is 6.69. The molecule has 0 spiro atoms. The smallest absolute Gasteiger partial charge is 0.338 e. The van der Waals surface area contributed by atoms with Crippen LogP contribution < -0.4 is 10.5 Å². The fraction of sp³-hybridized carbons (Fsp3) is 0.0769. The average molecular weight is 323 g/mol. The van der Waals surface area contributed by atoms with Gasteiger partial charge in [-0.15, -0.1) is 0 Å². The standard InChI is InChI=1S/C13H11BrN2O3/c1-7-6-8(2-3-10(7)14)19-12-11(15)9(13(17)18)4-5-16-12/h2-6H,15H2,1H3,(H,17,18). The fourth-order valence-corrected chi connectivity index (χ4v) is 1.76. The number of aromatic nitrogens is 1. The zero-order valence-electron chi connectivity index (χ0n) is 10.1. The number of rotatable bonds is 3. The number of carboxylic acids is 1. The normalized spacial score (nSPS) is 10.2. The Labute approximate surface area is 118 Å². The molecule has 0 bridgehead atoms. The second-order valence-corrected chi connectivity index (χ2v) is 4.75. The van der Waals surface area contributed by atoms with Crippen molar-refractivity contribution in [1.29, 1.82) is 0 Å². The van der Waals surface area contributed by atoms with Crippen LogP contribution in [0.4, 0.5) is 5.69 Å². The number of aryl methyl sites for hydroxylation is 1. The molecule has 0 amide bonds. The molecule has 98 valence electrons. The molecule has 19 heavy (non-hydrogen) atoms. The fourth-order valence-electron chi connectivity index (χ4n) is 1.51. The van der Waals surface area contributed by atoms with Gasteiger partial charge in [0.05, 0.1) is 5.56 Å². The van der Waals surface area contributed by atoms with Crippen molar-refractivity contribution in [1.82, 2.24) is 4.98 Å². The van der Waals surface area contributed by atoms with Crippen LogP contribution in [0.15, 0.2) is 34.9 Å². The molecule has 6 heteroatoms. The summed E-state index contributed by atoms with van der Waals surface area (Å²) in [5.74, 6) is -0.485. The highest BCUT2D eigenvalue weighted by atomic mass is 79.9. The molecule has 0 saturated heterocycles. The highest BCUT2D eigenvalue weighted by molar-refractivity contribution is 9.10. The second kappa shape index (κ2) is 5.27. The molecule has 0 atom stereocenters. The summed E-state index contributed by atoms with van der Waals surface area (Å²) in [5, 5.41) is 8.97. The quantitative estimate of drug-likeness (QED) is 0.906. The summed E-state index contributed by atoms with van der Waals surface area (Å²) in [6.45, 7) is 1.92. The molecule has 0 radical (unpaired) electrons. The third kappa shape index (κ3) is 2.85. The van der Waals surface area contributed by atoms with Crippen LogP contribution in [-0.2, 0) is 0 Å². The summed E-state index contributed by atoms with van der Waals surface area (Å²) >= 11 is 3.39. The molecular weight excluding hydrogens is 312 g/mol. The summed E-state index contributed by atoms with van der Waals surface area (Å²) in [7, 11) is 0. The van der Waals surface area contributed by atoms with Gasteiger partial charge in [0.1, 0.15) is 11.4 Å². The van der Waals surface area contributed by atoms with Gasteiger partial charge in [0.25, 0.3) is 0 Å². The van der Waals surface area contributed by atoms with Crippen molar-refractivity contribution in [3.63, 3.8) is 0 Å². The maximum absolute atomic E-state index is 11.0. The molecule has 0 aliphatic carbocycles. The van der Waals surface area contributed by atoms with Gasteiger partial charge in [-0.05, 0) is 36.8 Å². The first-order valence-corrected chi connectivity index (χ1v) is 6.20. The Morgan fingerprint density at radius 3 is 2.79 bits per heavy atom. The van der Waals surface area contributed by atoms with Gasteiger partial charge in [0.2, 0.25) is 5.88 Å². The second-order valence-electron chi connectivity index (χ2n) is 3.90. The molecule has 1 aromatic carbocycles. The van der Waals surface area contributed by atoms with Crippen molar-refractivity contribution in [2.45, 2.75) is 6.92 Å². The Morgan fingerprint density at radius 2 is 2.16 bits per heavy atom. The van der Waals surface area contributed by atoms with Crippen LogP contribution in [0.2, 0.25) is 0 Å². The number of ether oxygens (including phenoxy) is 1. The number of benzene rings is 1. The monoisotopic (exact) mass is 322 g/mol. The number of carbonyl (C=O) groups is 1. The molecule has 3 N–H and O–H groups in total. The van der Waals surface area contributed by atoms with Crippen LogP contribution in [0.3, 0.4) is 0 Å². The van der Waals surface area contributed by atoms with Crippen molar-refractivity contribution in [3.05, 3.63) is 46.1 Å². The number of aromatic carboxylic acids is 1. The number of nitrogens with two attached hydrogens (primary N) is 1. The van der Waals surface area contributed by atoms with Crippen LogP contribution in [0.5, 0.6) is 11.6 Å². The maximum atomic E-state index is 11.0. The van der Waals surface area contributed by atoms with Gasteiger partial charge in [-0.3, -0.25) is 0 Å². The lowest BCUT2D eigenvalue weighted by molar-refractivity contribution is 0.0697. The summed E-state index contributed by atoms with van der Waals surface area (Å²) < 4.78 is 6.47. The van der Waals surface area contributed by atoms with Gasteiger partial charge < -0.3 is 15.6 Å². The minimum atomic E-state index is -1.11. The molecule has 0 saturated carbocycles. The first-order chi connectivity index (χ1) is 8.99. The molecule has 0 aliphatic heterocycles. The topological polar surface area (TPSA) is 85.4 Å². The van der Waals surface area contributed by atoms with Gasteiger partial charge in [-0.1, -0.05) is 15.9 Å². The summed E-state index contributed by atoms with van der Waals surface area (Å²) in [6.07, 6.45) is 1.35. The van der Waals surface area contributed by atoms with Crippen LogP contribution in [0, 0.1) is 6.92 Å². The van der Waals surface area contributed by atoms with E-state index in [0.717, 1.165) is 10.0 Å². The largest absolute Gasteiger partial charge is 0.478 e. The third-order valence-electron chi connectivity index (χ3n) is 2.53. The Morgan fingerprint density at radius 1 is 1.42 bits per heavy atom. The number of pyridine rings is 1. The van der Waals surface area contributed by atoms with Crippen molar-refractivity contribution < 1.29 is 14.6 Å². The van der Waals surface area contributed by atoms with Crippen molar-refractivity contribution >= 4 is 27.6 Å². The van der Waals surface area contributed by atoms with Crippen LogP contribution in [0.25, 0.3) is 0 Å². The zero-order chi connectivity index (χ0) is 14.0. The first-order valence-electron chi connectivity index (χ1n) is 5.41. The van der Waals surface area contributed by atoms with Crippen LogP contribution in [0.1, 0.15) is 15.9 Å². The SMILES string of the molecule is Cc1cc(Oc2nccc(C(=O)O)c2N)ccc1Br. The van der Waals surface area contributed by atoms with Gasteiger partial charge in [0.15, 0.2) is 0 Å².